The van der Waals surface area contributed by atoms with Crippen LogP contribution in [0.25, 0.3) is 0 Å². The van der Waals surface area contributed by atoms with Gasteiger partial charge in [-0.1, -0.05) is 18.2 Å². The van der Waals surface area contributed by atoms with Crippen molar-refractivity contribution in [3.8, 4) is 5.75 Å². The summed E-state index contributed by atoms with van der Waals surface area (Å²) in [6.07, 6.45) is -12.5. The standard InChI is InChI=1S/C17H10F6O4/c18-16(19,20)11-5-10(6-12(8-11)17(21,22)23)13(24)7-9-3-1-2-4-14(9)27-15(25)26/h1-6,8H,7H2,(H,25,26). The van der Waals surface area contributed by atoms with E-state index in [4.69, 9.17) is 5.11 Å². The maximum absolute atomic E-state index is 12.9. The topological polar surface area (TPSA) is 63.6 Å². The maximum Gasteiger partial charge on any atom is 0.511 e. The Labute approximate surface area is 148 Å². The molecule has 4 nitrogen and oxygen atoms in total. The van der Waals surface area contributed by atoms with Gasteiger partial charge in [-0.25, -0.2) is 4.79 Å². The minimum atomic E-state index is -5.08. The van der Waals surface area contributed by atoms with E-state index in [0.29, 0.717) is 12.1 Å². The summed E-state index contributed by atoms with van der Waals surface area (Å²) < 4.78 is 81.7. The van der Waals surface area contributed by atoms with Gasteiger partial charge in [0.15, 0.2) is 5.78 Å². The first kappa shape index (κ1) is 20.3. The Hall–Kier alpha value is -3.04. The van der Waals surface area contributed by atoms with Gasteiger partial charge >= 0.3 is 18.5 Å². The van der Waals surface area contributed by atoms with E-state index in [1.807, 2.05) is 0 Å². The highest BCUT2D eigenvalue weighted by Gasteiger charge is 2.37. The molecule has 0 radical (unpaired) electrons. The van der Waals surface area contributed by atoms with Crippen molar-refractivity contribution in [1.82, 2.24) is 0 Å². The second-order valence-electron chi connectivity index (χ2n) is 5.37. The van der Waals surface area contributed by atoms with E-state index in [-0.39, 0.29) is 17.4 Å². The molecule has 0 aliphatic carbocycles. The molecule has 1 N–H and O–H groups in total. The summed E-state index contributed by atoms with van der Waals surface area (Å²) in [6.45, 7) is 0. The molecule has 0 aliphatic rings. The Bertz CT molecular complexity index is 838. The van der Waals surface area contributed by atoms with Gasteiger partial charge in [-0.05, 0) is 24.3 Å². The zero-order chi connectivity index (χ0) is 20.4. The van der Waals surface area contributed by atoms with Gasteiger partial charge in [-0.2, -0.15) is 26.3 Å². The van der Waals surface area contributed by atoms with Crippen LogP contribution in [0.5, 0.6) is 5.75 Å². The first-order valence-corrected chi connectivity index (χ1v) is 7.19. The Morgan fingerprint density at radius 2 is 1.41 bits per heavy atom. The summed E-state index contributed by atoms with van der Waals surface area (Å²) in [5.41, 5.74) is -4.04. The second kappa shape index (κ2) is 7.29. The quantitative estimate of drug-likeness (QED) is 0.336. The van der Waals surface area contributed by atoms with Crippen molar-refractivity contribution in [2.45, 2.75) is 18.8 Å². The first-order valence-electron chi connectivity index (χ1n) is 7.19. The van der Waals surface area contributed by atoms with Gasteiger partial charge in [0.2, 0.25) is 0 Å². The number of Topliss-reactive ketones (excluding diaryl/α,β-unsaturated/α-hetero) is 1. The fraction of sp³-hybridized carbons (Fsp3) is 0.176. The second-order valence-corrected chi connectivity index (χ2v) is 5.37. The highest BCUT2D eigenvalue weighted by atomic mass is 19.4. The van der Waals surface area contributed by atoms with Gasteiger partial charge < -0.3 is 9.84 Å². The molecule has 0 atom stereocenters. The molecule has 144 valence electrons. The number of benzene rings is 2. The molecule has 0 unspecified atom stereocenters. The van der Waals surface area contributed by atoms with E-state index in [9.17, 15) is 35.9 Å². The van der Waals surface area contributed by atoms with E-state index in [2.05, 4.69) is 4.74 Å². The number of carboxylic acid groups (broad SMARTS) is 1. The molecule has 0 saturated carbocycles. The number of carbonyl (C=O) groups excluding carboxylic acids is 1. The van der Waals surface area contributed by atoms with Gasteiger partial charge in [-0.3, -0.25) is 4.79 Å². The monoisotopic (exact) mass is 392 g/mol. The molecule has 0 bridgehead atoms. The molecule has 2 aromatic rings. The van der Waals surface area contributed by atoms with Gasteiger partial charge in [-0.15, -0.1) is 0 Å². The van der Waals surface area contributed by atoms with Crippen LogP contribution in [0.4, 0.5) is 31.1 Å². The molecule has 10 heteroatoms. The van der Waals surface area contributed by atoms with Gasteiger partial charge in [0, 0.05) is 17.5 Å². The third kappa shape index (κ3) is 5.22. The Morgan fingerprint density at radius 3 is 1.89 bits per heavy atom. The Kier molecular flexibility index (Phi) is 5.48. The minimum Gasteiger partial charge on any atom is -0.449 e. The number of rotatable bonds is 4. The molecule has 0 saturated heterocycles. The molecule has 0 spiro atoms. The molecule has 0 amide bonds. The van der Waals surface area contributed by atoms with Crippen LogP contribution in [-0.4, -0.2) is 17.0 Å². The van der Waals surface area contributed by atoms with Crippen LogP contribution in [0, 0.1) is 0 Å². The van der Waals surface area contributed by atoms with Gasteiger partial charge in [0.05, 0.1) is 11.1 Å². The highest BCUT2D eigenvalue weighted by Crippen LogP contribution is 2.36. The maximum atomic E-state index is 12.9. The number of para-hydroxylation sites is 1. The molecule has 0 fully saturated rings. The minimum absolute atomic E-state index is 0.00382. The van der Waals surface area contributed by atoms with E-state index >= 15 is 0 Å². The lowest BCUT2D eigenvalue weighted by atomic mass is 9.98. The molecule has 0 aromatic heterocycles. The predicted molar refractivity (Wildman–Crippen MR) is 79.6 cm³/mol. The van der Waals surface area contributed by atoms with Crippen LogP contribution in [-0.2, 0) is 18.8 Å². The van der Waals surface area contributed by atoms with Crippen LogP contribution in [0.1, 0.15) is 27.0 Å². The van der Waals surface area contributed by atoms with Crippen molar-refractivity contribution in [2.75, 3.05) is 0 Å². The molecule has 0 aliphatic heterocycles. The summed E-state index contributed by atoms with van der Waals surface area (Å²) >= 11 is 0. The van der Waals surface area contributed by atoms with Crippen LogP contribution in [0.2, 0.25) is 0 Å². The van der Waals surface area contributed by atoms with E-state index in [1.54, 1.807) is 0 Å². The van der Waals surface area contributed by atoms with Crippen molar-refractivity contribution in [1.29, 1.82) is 0 Å². The lowest BCUT2D eigenvalue weighted by molar-refractivity contribution is -0.143. The average molecular weight is 392 g/mol. The summed E-state index contributed by atoms with van der Waals surface area (Å²) in [6, 6.07) is 5.82. The fourth-order valence-electron chi connectivity index (χ4n) is 2.23. The van der Waals surface area contributed by atoms with Crippen LogP contribution in [0.15, 0.2) is 42.5 Å². The number of alkyl halides is 6. The van der Waals surface area contributed by atoms with E-state index in [0.717, 1.165) is 0 Å². The van der Waals surface area contributed by atoms with E-state index < -0.39 is 47.4 Å². The number of ketones is 1. The average Bonchev–Trinajstić information content (AvgIpc) is 2.54. The largest absolute Gasteiger partial charge is 0.511 e. The zero-order valence-electron chi connectivity index (χ0n) is 13.2. The van der Waals surface area contributed by atoms with Crippen molar-refractivity contribution >= 4 is 11.9 Å². The SMILES string of the molecule is O=C(O)Oc1ccccc1CC(=O)c1cc(C(F)(F)F)cc(C(F)(F)F)c1. The predicted octanol–water partition coefficient (Wildman–Crippen LogP) is 5.21. The van der Waals surface area contributed by atoms with Crippen molar-refractivity contribution in [3.63, 3.8) is 0 Å². The summed E-state index contributed by atoms with van der Waals surface area (Å²) in [5.74, 6) is -1.31. The molecular weight excluding hydrogens is 382 g/mol. The highest BCUT2D eigenvalue weighted by molar-refractivity contribution is 5.98. The lowest BCUT2D eigenvalue weighted by Gasteiger charge is -2.14. The van der Waals surface area contributed by atoms with Crippen molar-refractivity contribution in [3.05, 3.63) is 64.7 Å². The smallest absolute Gasteiger partial charge is 0.449 e. The number of halogens is 6. The van der Waals surface area contributed by atoms with Crippen molar-refractivity contribution < 1.29 is 45.8 Å². The summed E-state index contributed by atoms with van der Waals surface area (Å²) in [5, 5.41) is 8.64. The van der Waals surface area contributed by atoms with Crippen LogP contribution in [0.3, 0.4) is 0 Å². The summed E-state index contributed by atoms with van der Waals surface area (Å²) in [4.78, 5) is 22.9. The van der Waals surface area contributed by atoms with Gasteiger partial charge in [0.1, 0.15) is 5.75 Å². The number of hydrogen-bond acceptors (Lipinski definition) is 3. The van der Waals surface area contributed by atoms with Crippen LogP contribution >= 0.6 is 0 Å². The molecule has 2 rings (SSSR count). The van der Waals surface area contributed by atoms with E-state index in [1.165, 1.54) is 24.3 Å². The normalized spacial score (nSPS) is 11.9. The third-order valence-electron chi connectivity index (χ3n) is 3.43. The molecule has 2 aromatic carbocycles. The molecular formula is C17H10F6O4. The van der Waals surface area contributed by atoms with Gasteiger partial charge in [0.25, 0.3) is 0 Å². The van der Waals surface area contributed by atoms with Crippen molar-refractivity contribution in [2.24, 2.45) is 0 Å². The Morgan fingerprint density at radius 1 is 0.889 bits per heavy atom. The molecule has 27 heavy (non-hydrogen) atoms. The number of hydrogen-bond donors (Lipinski definition) is 1. The third-order valence-corrected chi connectivity index (χ3v) is 3.43. The number of carbonyl (C=O) groups is 2. The lowest BCUT2D eigenvalue weighted by Crippen LogP contribution is -2.14. The summed E-state index contributed by atoms with van der Waals surface area (Å²) in [7, 11) is 0. The van der Waals surface area contributed by atoms with Crippen LogP contribution < -0.4 is 4.74 Å². The first-order chi connectivity index (χ1) is 12.4. The zero-order valence-corrected chi connectivity index (χ0v) is 13.2. The fourth-order valence-corrected chi connectivity index (χ4v) is 2.23. The Balaban J connectivity index is 2.43. The molecule has 0 heterocycles. The number of ether oxygens (including phenoxy) is 1.